The van der Waals surface area contributed by atoms with E-state index in [1.807, 2.05) is 24.4 Å². The number of aromatic nitrogens is 2. The molecule has 3 nitrogen and oxygen atoms in total. The molecule has 0 saturated carbocycles. The third kappa shape index (κ3) is 0.975. The fourth-order valence-electron chi connectivity index (χ4n) is 1.54. The maximum Gasteiger partial charge on any atom is 0.182 e. The highest BCUT2D eigenvalue weighted by molar-refractivity contribution is 7.22. The van der Waals surface area contributed by atoms with Gasteiger partial charge in [-0.25, -0.2) is 9.97 Å². The van der Waals surface area contributed by atoms with Crippen molar-refractivity contribution in [1.29, 1.82) is 0 Å². The number of anilines is 1. The second-order valence-corrected chi connectivity index (χ2v) is 4.08. The van der Waals surface area contributed by atoms with Gasteiger partial charge in [-0.3, -0.25) is 0 Å². The summed E-state index contributed by atoms with van der Waals surface area (Å²) in [6, 6.07) is 8.12. The lowest BCUT2D eigenvalue weighted by molar-refractivity contribution is 1.35. The molecule has 0 aliphatic heterocycles. The van der Waals surface area contributed by atoms with Gasteiger partial charge in [-0.15, -0.1) is 0 Å². The molecule has 4 heteroatoms. The molecule has 68 valence electrons. The molecule has 0 bridgehead atoms. The van der Waals surface area contributed by atoms with Crippen molar-refractivity contribution in [3.63, 3.8) is 0 Å². The molecule has 2 aromatic heterocycles. The van der Waals surface area contributed by atoms with Gasteiger partial charge in [-0.2, -0.15) is 0 Å². The van der Waals surface area contributed by atoms with Crippen LogP contribution in [0.25, 0.3) is 21.1 Å². The van der Waals surface area contributed by atoms with Crippen LogP contribution < -0.4 is 5.73 Å². The first-order valence-electron chi connectivity index (χ1n) is 4.24. The monoisotopic (exact) mass is 201 g/mol. The molecule has 14 heavy (non-hydrogen) atoms. The van der Waals surface area contributed by atoms with Crippen molar-refractivity contribution in [3.8, 4) is 0 Å². The van der Waals surface area contributed by atoms with Gasteiger partial charge in [0.1, 0.15) is 0 Å². The number of fused-ring (bicyclic) bond motifs is 3. The Balaban J connectivity index is 2.60. The van der Waals surface area contributed by atoms with Crippen molar-refractivity contribution in [3.05, 3.63) is 30.5 Å². The maximum absolute atomic E-state index is 5.65. The van der Waals surface area contributed by atoms with Crippen LogP contribution in [0.1, 0.15) is 0 Å². The molecule has 0 atom stereocenters. The molecule has 1 aromatic carbocycles. The molecule has 0 fully saturated rings. The van der Waals surface area contributed by atoms with Gasteiger partial charge in [-0.1, -0.05) is 35.6 Å². The van der Waals surface area contributed by atoms with Crippen molar-refractivity contribution >= 4 is 37.6 Å². The zero-order chi connectivity index (χ0) is 9.54. The molecule has 3 rings (SSSR count). The van der Waals surface area contributed by atoms with Crippen molar-refractivity contribution in [2.24, 2.45) is 0 Å². The van der Waals surface area contributed by atoms with Crippen molar-refractivity contribution in [2.75, 3.05) is 5.73 Å². The zero-order valence-electron chi connectivity index (χ0n) is 7.27. The lowest BCUT2D eigenvalue weighted by Gasteiger charge is -1.95. The molecule has 2 N–H and O–H groups in total. The third-order valence-corrected chi connectivity index (χ3v) is 3.06. The minimum atomic E-state index is 0.573. The molecule has 3 aromatic rings. The quantitative estimate of drug-likeness (QED) is 0.607. The summed E-state index contributed by atoms with van der Waals surface area (Å²) >= 11 is 1.49. The van der Waals surface area contributed by atoms with E-state index >= 15 is 0 Å². The van der Waals surface area contributed by atoms with E-state index in [0.29, 0.717) is 5.13 Å². The number of nitrogens with two attached hydrogens (primary N) is 1. The van der Waals surface area contributed by atoms with Crippen LogP contribution in [0.15, 0.2) is 30.5 Å². The SMILES string of the molecule is Nc1nc2ncc3ccccc3c2s1. The number of thiazole rings is 1. The first-order chi connectivity index (χ1) is 6.84. The van der Waals surface area contributed by atoms with E-state index in [1.165, 1.54) is 16.7 Å². The smallest absolute Gasteiger partial charge is 0.182 e. The summed E-state index contributed by atoms with van der Waals surface area (Å²) in [7, 11) is 0. The number of nitrogens with zero attached hydrogens (tertiary/aromatic N) is 2. The Morgan fingerprint density at radius 2 is 2.07 bits per heavy atom. The summed E-state index contributed by atoms with van der Waals surface area (Å²) in [5, 5.41) is 2.87. The Morgan fingerprint density at radius 1 is 1.21 bits per heavy atom. The summed E-state index contributed by atoms with van der Waals surface area (Å²) in [5.41, 5.74) is 6.39. The predicted molar refractivity (Wildman–Crippen MR) is 59.3 cm³/mol. The first kappa shape index (κ1) is 7.70. The minimum Gasteiger partial charge on any atom is -0.375 e. The minimum absolute atomic E-state index is 0.573. The highest BCUT2D eigenvalue weighted by atomic mass is 32.1. The van der Waals surface area contributed by atoms with Crippen LogP contribution in [0.2, 0.25) is 0 Å². The molecule has 2 heterocycles. The lowest BCUT2D eigenvalue weighted by Crippen LogP contribution is -1.81. The van der Waals surface area contributed by atoms with Gasteiger partial charge < -0.3 is 5.73 Å². The van der Waals surface area contributed by atoms with E-state index in [1.54, 1.807) is 0 Å². The Kier molecular flexibility index (Phi) is 1.46. The van der Waals surface area contributed by atoms with Crippen molar-refractivity contribution in [2.45, 2.75) is 0 Å². The van der Waals surface area contributed by atoms with E-state index in [2.05, 4.69) is 16.0 Å². The largest absolute Gasteiger partial charge is 0.375 e. The Morgan fingerprint density at radius 3 is 3.00 bits per heavy atom. The van der Waals surface area contributed by atoms with Crippen LogP contribution in [0, 0.1) is 0 Å². The number of hydrogen-bond donors (Lipinski definition) is 1. The fourth-order valence-corrected chi connectivity index (χ4v) is 2.36. The molecule has 0 radical (unpaired) electrons. The molecule has 0 saturated heterocycles. The Hall–Kier alpha value is -1.68. The van der Waals surface area contributed by atoms with E-state index < -0.39 is 0 Å². The van der Waals surface area contributed by atoms with Gasteiger partial charge in [0, 0.05) is 17.0 Å². The van der Waals surface area contributed by atoms with Crippen LogP contribution in [0.3, 0.4) is 0 Å². The number of benzene rings is 1. The average molecular weight is 201 g/mol. The first-order valence-corrected chi connectivity index (χ1v) is 5.06. The highest BCUT2D eigenvalue weighted by Crippen LogP contribution is 2.29. The van der Waals surface area contributed by atoms with E-state index in [4.69, 9.17) is 5.73 Å². The molecule has 0 spiro atoms. The van der Waals surface area contributed by atoms with Gasteiger partial charge in [0.15, 0.2) is 10.8 Å². The van der Waals surface area contributed by atoms with Gasteiger partial charge in [0.2, 0.25) is 0 Å². The number of nitrogen functional groups attached to an aromatic ring is 1. The molecule has 0 aliphatic rings. The van der Waals surface area contributed by atoms with Crippen molar-refractivity contribution < 1.29 is 0 Å². The van der Waals surface area contributed by atoms with E-state index in [0.717, 1.165) is 15.7 Å². The molecular weight excluding hydrogens is 194 g/mol. The van der Waals surface area contributed by atoms with Gasteiger partial charge in [0.25, 0.3) is 0 Å². The van der Waals surface area contributed by atoms with E-state index in [9.17, 15) is 0 Å². The predicted octanol–water partition coefficient (Wildman–Crippen LogP) is 2.43. The van der Waals surface area contributed by atoms with Crippen LogP contribution >= 0.6 is 11.3 Å². The lowest BCUT2D eigenvalue weighted by atomic mass is 10.2. The molecule has 0 amide bonds. The zero-order valence-corrected chi connectivity index (χ0v) is 8.08. The van der Waals surface area contributed by atoms with Crippen LogP contribution in [0.4, 0.5) is 5.13 Å². The highest BCUT2D eigenvalue weighted by Gasteiger charge is 2.05. The van der Waals surface area contributed by atoms with Gasteiger partial charge >= 0.3 is 0 Å². The average Bonchev–Trinajstić information content (AvgIpc) is 2.59. The number of rotatable bonds is 0. The van der Waals surface area contributed by atoms with E-state index in [-0.39, 0.29) is 0 Å². The van der Waals surface area contributed by atoms with Gasteiger partial charge in [-0.05, 0) is 0 Å². The molecule has 0 unspecified atom stereocenters. The standard InChI is InChI=1S/C10H7N3S/c11-10-13-9-8(14-10)7-4-2-1-3-6(7)5-12-9/h1-5H,(H2,11,12,13). The van der Waals surface area contributed by atoms with Crippen LogP contribution in [0.5, 0.6) is 0 Å². The second-order valence-electron chi connectivity index (χ2n) is 3.05. The summed E-state index contributed by atoms with van der Waals surface area (Å²) in [4.78, 5) is 8.40. The summed E-state index contributed by atoms with van der Waals surface area (Å²) in [5.74, 6) is 0. The van der Waals surface area contributed by atoms with Crippen LogP contribution in [-0.2, 0) is 0 Å². The van der Waals surface area contributed by atoms with Crippen molar-refractivity contribution in [1.82, 2.24) is 9.97 Å². The molecular formula is C10H7N3S. The summed E-state index contributed by atoms with van der Waals surface area (Å²) < 4.78 is 1.07. The second kappa shape index (κ2) is 2.65. The maximum atomic E-state index is 5.65. The Labute approximate surface area is 84.2 Å². The summed E-state index contributed by atoms with van der Waals surface area (Å²) in [6.45, 7) is 0. The Bertz CT molecular complexity index is 615. The van der Waals surface area contributed by atoms with Crippen LogP contribution in [-0.4, -0.2) is 9.97 Å². The summed E-state index contributed by atoms with van der Waals surface area (Å²) in [6.07, 6.45) is 1.83. The number of hydrogen-bond acceptors (Lipinski definition) is 4. The third-order valence-electron chi connectivity index (χ3n) is 2.16. The normalized spacial score (nSPS) is 11.1. The fraction of sp³-hybridized carbons (Fsp3) is 0. The topological polar surface area (TPSA) is 51.8 Å². The van der Waals surface area contributed by atoms with Gasteiger partial charge in [0.05, 0.1) is 4.70 Å². The number of pyridine rings is 1. The molecule has 0 aliphatic carbocycles.